The van der Waals surface area contributed by atoms with Crippen molar-refractivity contribution in [2.24, 2.45) is 0 Å². The van der Waals surface area contributed by atoms with Gasteiger partial charge < -0.3 is 15.5 Å². The minimum Gasteiger partial charge on any atom is -0.468 e. The Labute approximate surface area is 139 Å². The third kappa shape index (κ3) is 2.40. The lowest BCUT2D eigenvalue weighted by Gasteiger charge is -2.03. The van der Waals surface area contributed by atoms with Gasteiger partial charge in [0.25, 0.3) is 11.6 Å². The van der Waals surface area contributed by atoms with Crippen LogP contribution in [-0.2, 0) is 0 Å². The molecule has 0 saturated heterocycles. The molecule has 3 heterocycles. The Morgan fingerprint density at radius 3 is 2.88 bits per heavy atom. The molecule has 0 fully saturated rings. The Kier molecular flexibility index (Phi) is 3.28. The van der Waals surface area contributed by atoms with Gasteiger partial charge in [0.2, 0.25) is 5.13 Å². The van der Waals surface area contributed by atoms with Crippen LogP contribution in [0.15, 0.2) is 35.3 Å². The molecule has 0 radical (unpaired) electrons. The first kappa shape index (κ1) is 14.4. The van der Waals surface area contributed by atoms with Gasteiger partial charge in [0.15, 0.2) is 0 Å². The summed E-state index contributed by atoms with van der Waals surface area (Å²) in [5.74, 6) is 0. The van der Waals surface area contributed by atoms with E-state index in [2.05, 4.69) is 25.1 Å². The highest BCUT2D eigenvalue weighted by atomic mass is 32.1. The molecule has 24 heavy (non-hydrogen) atoms. The number of nitrogens with one attached hydrogen (secondary N) is 2. The lowest BCUT2D eigenvalue weighted by atomic mass is 10.1. The number of hydrogen-bond acceptors (Lipinski definition) is 7. The monoisotopic (exact) mass is 340 g/mol. The number of benzene rings is 1. The number of aromatic nitrogens is 5. The minimum atomic E-state index is -0.278. The second-order valence-corrected chi connectivity index (χ2v) is 6.06. The van der Waals surface area contributed by atoms with Crippen LogP contribution >= 0.6 is 11.3 Å². The molecule has 0 spiro atoms. The summed E-state index contributed by atoms with van der Waals surface area (Å²) in [7, 11) is 1.45. The number of aromatic amines is 2. The van der Waals surface area contributed by atoms with Gasteiger partial charge >= 0.3 is 0 Å². The molecule has 0 aliphatic heterocycles. The summed E-state index contributed by atoms with van der Waals surface area (Å²) in [6.07, 6.45) is 1.81. The summed E-state index contributed by atoms with van der Waals surface area (Å²) < 4.78 is 5.03. The molecule has 120 valence electrons. The summed E-state index contributed by atoms with van der Waals surface area (Å²) in [5, 5.41) is 9.97. The second kappa shape index (κ2) is 5.46. The Balaban J connectivity index is 1.90. The summed E-state index contributed by atoms with van der Waals surface area (Å²) in [6, 6.07) is 7.45. The number of hydrogen-bond donors (Lipinski definition) is 3. The number of H-pyrrole nitrogens is 2. The number of nitrogens with two attached hydrogens (primary N) is 1. The van der Waals surface area contributed by atoms with Crippen molar-refractivity contribution in [2.45, 2.75) is 0 Å². The molecule has 0 saturated carbocycles. The third-order valence-corrected chi connectivity index (χ3v) is 4.36. The van der Waals surface area contributed by atoms with Crippen molar-refractivity contribution in [2.75, 3.05) is 12.8 Å². The Morgan fingerprint density at radius 2 is 2.12 bits per heavy atom. The zero-order valence-corrected chi connectivity index (χ0v) is 13.3. The number of nitrogen functional groups attached to an aromatic ring is 1. The fourth-order valence-electron chi connectivity index (χ4n) is 2.49. The molecule has 4 aromatic rings. The van der Waals surface area contributed by atoms with Crippen molar-refractivity contribution in [3.8, 4) is 27.8 Å². The SMILES string of the molecule is COc1nc(-c2c[nH]c3ccc(-c4nnc(N)s4)cc23)cc(=O)[nH]1. The summed E-state index contributed by atoms with van der Waals surface area (Å²) in [4.78, 5) is 21.8. The van der Waals surface area contributed by atoms with Crippen molar-refractivity contribution in [1.29, 1.82) is 0 Å². The van der Waals surface area contributed by atoms with E-state index in [4.69, 9.17) is 10.5 Å². The Hall–Kier alpha value is -3.20. The van der Waals surface area contributed by atoms with Gasteiger partial charge in [-0.15, -0.1) is 10.2 Å². The highest BCUT2D eigenvalue weighted by Gasteiger charge is 2.12. The Morgan fingerprint density at radius 1 is 1.25 bits per heavy atom. The van der Waals surface area contributed by atoms with E-state index in [1.807, 2.05) is 24.4 Å². The maximum Gasteiger partial charge on any atom is 0.296 e. The van der Waals surface area contributed by atoms with E-state index < -0.39 is 0 Å². The van der Waals surface area contributed by atoms with Gasteiger partial charge in [-0.3, -0.25) is 9.78 Å². The first-order chi connectivity index (χ1) is 11.6. The first-order valence-corrected chi connectivity index (χ1v) is 7.82. The van der Waals surface area contributed by atoms with Crippen molar-refractivity contribution < 1.29 is 4.74 Å². The quantitative estimate of drug-likeness (QED) is 0.524. The second-order valence-electron chi connectivity index (χ2n) is 5.05. The van der Waals surface area contributed by atoms with Crippen LogP contribution in [0.2, 0.25) is 0 Å². The first-order valence-electron chi connectivity index (χ1n) is 7.00. The van der Waals surface area contributed by atoms with Gasteiger partial charge in [-0.05, 0) is 18.2 Å². The molecule has 4 rings (SSSR count). The van der Waals surface area contributed by atoms with Gasteiger partial charge in [0.05, 0.1) is 12.8 Å². The van der Waals surface area contributed by atoms with E-state index in [9.17, 15) is 4.79 Å². The van der Waals surface area contributed by atoms with Crippen molar-refractivity contribution >= 4 is 27.4 Å². The van der Waals surface area contributed by atoms with Gasteiger partial charge in [0.1, 0.15) is 5.01 Å². The molecule has 3 aromatic heterocycles. The third-order valence-electron chi connectivity index (χ3n) is 3.56. The highest BCUT2D eigenvalue weighted by molar-refractivity contribution is 7.18. The highest BCUT2D eigenvalue weighted by Crippen LogP contribution is 2.32. The summed E-state index contributed by atoms with van der Waals surface area (Å²) >= 11 is 1.32. The van der Waals surface area contributed by atoms with Crippen LogP contribution in [0.5, 0.6) is 6.01 Å². The predicted molar refractivity (Wildman–Crippen MR) is 92.0 cm³/mol. The lowest BCUT2D eigenvalue weighted by molar-refractivity contribution is 0.379. The van der Waals surface area contributed by atoms with E-state index in [-0.39, 0.29) is 11.6 Å². The smallest absolute Gasteiger partial charge is 0.296 e. The normalized spacial score (nSPS) is 11.0. The van der Waals surface area contributed by atoms with Crippen LogP contribution in [-0.4, -0.2) is 32.3 Å². The zero-order chi connectivity index (χ0) is 16.7. The number of nitrogens with zero attached hydrogens (tertiary/aromatic N) is 3. The van der Waals surface area contributed by atoms with E-state index in [1.165, 1.54) is 24.5 Å². The van der Waals surface area contributed by atoms with Crippen LogP contribution < -0.4 is 16.0 Å². The van der Waals surface area contributed by atoms with Crippen LogP contribution in [0.3, 0.4) is 0 Å². The molecule has 0 atom stereocenters. The van der Waals surface area contributed by atoms with E-state index in [0.717, 1.165) is 27.0 Å². The fourth-order valence-corrected chi connectivity index (χ4v) is 3.09. The minimum absolute atomic E-state index is 0.167. The molecule has 8 nitrogen and oxygen atoms in total. The number of fused-ring (bicyclic) bond motifs is 1. The maximum atomic E-state index is 11.8. The summed E-state index contributed by atoms with van der Waals surface area (Å²) in [6.45, 7) is 0. The maximum absolute atomic E-state index is 11.8. The van der Waals surface area contributed by atoms with E-state index in [0.29, 0.717) is 10.8 Å². The van der Waals surface area contributed by atoms with Crippen LogP contribution in [0.1, 0.15) is 0 Å². The molecule has 4 N–H and O–H groups in total. The molecule has 0 amide bonds. The standard InChI is InChI=1S/C15H12N6O2S/c1-23-15-18-11(5-12(22)19-15)9-6-17-10-3-2-7(4-8(9)10)13-20-21-14(16)24-13/h2-6,17H,1H3,(H2,16,21)(H,18,19,22). The topological polar surface area (TPSA) is 123 Å². The number of rotatable bonds is 3. The number of methoxy groups -OCH3 is 1. The molecular formula is C15H12N6O2S. The number of ether oxygens (including phenoxy) is 1. The average molecular weight is 340 g/mol. The lowest BCUT2D eigenvalue weighted by Crippen LogP contribution is -2.08. The zero-order valence-electron chi connectivity index (χ0n) is 12.5. The predicted octanol–water partition coefficient (Wildman–Crippen LogP) is 2.03. The molecular weight excluding hydrogens is 328 g/mol. The van der Waals surface area contributed by atoms with Gasteiger partial charge in [-0.2, -0.15) is 4.98 Å². The average Bonchev–Trinajstić information content (AvgIpc) is 3.19. The van der Waals surface area contributed by atoms with Gasteiger partial charge in [0, 0.05) is 34.3 Å². The van der Waals surface area contributed by atoms with Crippen molar-refractivity contribution in [1.82, 2.24) is 25.1 Å². The summed E-state index contributed by atoms with van der Waals surface area (Å²) in [5.41, 5.74) is 8.52. The van der Waals surface area contributed by atoms with Crippen molar-refractivity contribution in [3.63, 3.8) is 0 Å². The molecule has 0 unspecified atom stereocenters. The Bertz CT molecular complexity index is 1100. The molecule has 9 heteroatoms. The van der Waals surface area contributed by atoms with E-state index >= 15 is 0 Å². The molecule has 0 bridgehead atoms. The van der Waals surface area contributed by atoms with Crippen LogP contribution in [0.25, 0.3) is 32.7 Å². The fraction of sp³-hybridized carbons (Fsp3) is 0.0667. The van der Waals surface area contributed by atoms with Crippen molar-refractivity contribution in [3.05, 3.63) is 40.8 Å². The van der Waals surface area contributed by atoms with E-state index in [1.54, 1.807) is 0 Å². The van der Waals surface area contributed by atoms with Crippen LogP contribution in [0, 0.1) is 0 Å². The molecule has 1 aromatic carbocycles. The number of anilines is 1. The van der Waals surface area contributed by atoms with Gasteiger partial charge in [-0.25, -0.2) is 0 Å². The van der Waals surface area contributed by atoms with Gasteiger partial charge in [-0.1, -0.05) is 11.3 Å². The molecule has 0 aliphatic carbocycles. The molecule has 0 aliphatic rings. The van der Waals surface area contributed by atoms with Crippen LogP contribution in [0.4, 0.5) is 5.13 Å². The largest absolute Gasteiger partial charge is 0.468 e.